The second-order valence-corrected chi connectivity index (χ2v) is 6.90. The van der Waals surface area contributed by atoms with Crippen LogP contribution in [0, 0.1) is 0 Å². The molecule has 0 saturated carbocycles. The van der Waals surface area contributed by atoms with Crippen molar-refractivity contribution in [2.24, 2.45) is 0 Å². The third-order valence-corrected chi connectivity index (χ3v) is 5.02. The molecular formula is C21H24N4O. The van der Waals surface area contributed by atoms with Crippen LogP contribution in [-0.2, 0) is 11.3 Å². The maximum absolute atomic E-state index is 12.7. The maximum Gasteiger partial charge on any atom is 0.240 e. The predicted molar refractivity (Wildman–Crippen MR) is 103 cm³/mol. The van der Waals surface area contributed by atoms with Crippen molar-refractivity contribution >= 4 is 16.9 Å². The average Bonchev–Trinajstić information content (AvgIpc) is 3.32. The summed E-state index contributed by atoms with van der Waals surface area (Å²) in [5.41, 5.74) is 3.05. The van der Waals surface area contributed by atoms with Crippen molar-refractivity contribution in [1.82, 2.24) is 19.8 Å². The topological polar surface area (TPSA) is 50.2 Å². The quantitative estimate of drug-likeness (QED) is 0.745. The van der Waals surface area contributed by atoms with Crippen LogP contribution in [0.4, 0.5) is 0 Å². The van der Waals surface area contributed by atoms with E-state index >= 15 is 0 Å². The number of para-hydroxylation sites is 2. The summed E-state index contributed by atoms with van der Waals surface area (Å²) in [5.74, 6) is 0.0150. The van der Waals surface area contributed by atoms with Gasteiger partial charge >= 0.3 is 0 Å². The molecule has 1 fully saturated rings. The van der Waals surface area contributed by atoms with E-state index in [0.717, 1.165) is 36.2 Å². The fourth-order valence-corrected chi connectivity index (χ4v) is 3.67. The van der Waals surface area contributed by atoms with E-state index in [1.165, 1.54) is 12.8 Å². The standard InChI is InChI=1S/C21H24N4O/c26-21(15-25-16-22-18-10-4-5-11-20(18)25)23-19(14-24-12-6-7-13-24)17-8-2-1-3-9-17/h1-5,8-11,16,19H,6-7,12-15H2,(H,23,26). The highest BCUT2D eigenvalue weighted by Gasteiger charge is 2.21. The minimum Gasteiger partial charge on any atom is -0.346 e. The van der Waals surface area contributed by atoms with Gasteiger partial charge in [-0.25, -0.2) is 4.98 Å². The molecule has 0 bridgehead atoms. The highest BCUT2D eigenvalue weighted by atomic mass is 16.2. The van der Waals surface area contributed by atoms with Crippen LogP contribution < -0.4 is 5.32 Å². The molecule has 0 aliphatic carbocycles. The van der Waals surface area contributed by atoms with Gasteiger partial charge in [-0.05, 0) is 43.6 Å². The van der Waals surface area contributed by atoms with E-state index in [4.69, 9.17) is 0 Å². The van der Waals surface area contributed by atoms with Crippen molar-refractivity contribution in [2.45, 2.75) is 25.4 Å². The molecule has 1 aliphatic heterocycles. The molecule has 26 heavy (non-hydrogen) atoms. The number of imidazole rings is 1. The number of hydrogen-bond acceptors (Lipinski definition) is 3. The zero-order chi connectivity index (χ0) is 17.8. The summed E-state index contributed by atoms with van der Waals surface area (Å²) < 4.78 is 1.91. The van der Waals surface area contributed by atoms with Gasteiger partial charge in [0, 0.05) is 6.54 Å². The van der Waals surface area contributed by atoms with Gasteiger partial charge in [0.1, 0.15) is 6.54 Å². The molecule has 1 N–H and O–H groups in total. The first-order valence-corrected chi connectivity index (χ1v) is 9.26. The SMILES string of the molecule is O=C(Cn1cnc2ccccc21)NC(CN1CCCC1)c1ccccc1. The Bertz CT molecular complexity index is 868. The number of nitrogens with one attached hydrogen (secondary N) is 1. The van der Waals surface area contributed by atoms with Gasteiger partial charge in [-0.2, -0.15) is 0 Å². The number of carbonyl (C=O) groups is 1. The van der Waals surface area contributed by atoms with E-state index in [9.17, 15) is 4.79 Å². The maximum atomic E-state index is 12.7. The van der Waals surface area contributed by atoms with Gasteiger partial charge in [0.25, 0.3) is 0 Å². The van der Waals surface area contributed by atoms with Gasteiger partial charge in [0.15, 0.2) is 0 Å². The van der Waals surface area contributed by atoms with Crippen LogP contribution in [0.25, 0.3) is 11.0 Å². The third-order valence-electron chi connectivity index (χ3n) is 5.02. The van der Waals surface area contributed by atoms with Crippen LogP contribution in [-0.4, -0.2) is 40.0 Å². The van der Waals surface area contributed by atoms with Crippen LogP contribution >= 0.6 is 0 Å². The van der Waals surface area contributed by atoms with Crippen LogP contribution in [0.1, 0.15) is 24.4 Å². The lowest BCUT2D eigenvalue weighted by atomic mass is 10.1. The lowest BCUT2D eigenvalue weighted by Gasteiger charge is -2.25. The zero-order valence-corrected chi connectivity index (χ0v) is 14.8. The number of rotatable bonds is 6. The summed E-state index contributed by atoms with van der Waals surface area (Å²) in [6, 6.07) is 18.1. The molecule has 5 heteroatoms. The number of amides is 1. The smallest absolute Gasteiger partial charge is 0.240 e. The monoisotopic (exact) mass is 348 g/mol. The number of fused-ring (bicyclic) bond motifs is 1. The molecule has 1 saturated heterocycles. The Hall–Kier alpha value is -2.66. The van der Waals surface area contributed by atoms with E-state index in [1.807, 2.05) is 47.0 Å². The first-order chi connectivity index (χ1) is 12.8. The predicted octanol–water partition coefficient (Wildman–Crippen LogP) is 2.99. The number of aromatic nitrogens is 2. The summed E-state index contributed by atoms with van der Waals surface area (Å²) >= 11 is 0. The second kappa shape index (κ2) is 7.70. The van der Waals surface area contributed by atoms with Crippen molar-refractivity contribution in [3.8, 4) is 0 Å². The van der Waals surface area contributed by atoms with E-state index in [-0.39, 0.29) is 18.5 Å². The average molecular weight is 348 g/mol. The molecule has 1 amide bonds. The van der Waals surface area contributed by atoms with Crippen molar-refractivity contribution in [3.05, 3.63) is 66.5 Å². The normalized spacial score (nSPS) is 16.0. The summed E-state index contributed by atoms with van der Waals surface area (Å²) in [6.07, 6.45) is 4.23. The van der Waals surface area contributed by atoms with Gasteiger partial charge in [0.2, 0.25) is 5.91 Å². The Balaban J connectivity index is 1.48. The van der Waals surface area contributed by atoms with Crippen molar-refractivity contribution in [3.63, 3.8) is 0 Å². The molecule has 5 nitrogen and oxygen atoms in total. The number of nitrogens with zero attached hydrogens (tertiary/aromatic N) is 3. The van der Waals surface area contributed by atoms with E-state index in [2.05, 4.69) is 27.3 Å². The van der Waals surface area contributed by atoms with Gasteiger partial charge in [0.05, 0.1) is 23.4 Å². The molecule has 1 unspecified atom stereocenters. The first kappa shape index (κ1) is 16.8. The number of likely N-dealkylation sites (tertiary alicyclic amines) is 1. The molecule has 134 valence electrons. The number of carbonyl (C=O) groups excluding carboxylic acids is 1. The molecule has 2 aromatic carbocycles. The molecule has 1 aromatic heterocycles. The minimum atomic E-state index is 0.0107. The minimum absolute atomic E-state index is 0.0107. The fourth-order valence-electron chi connectivity index (χ4n) is 3.67. The van der Waals surface area contributed by atoms with E-state index in [0.29, 0.717) is 0 Å². The molecule has 2 heterocycles. The Morgan fingerprint density at radius 3 is 2.58 bits per heavy atom. The van der Waals surface area contributed by atoms with Crippen LogP contribution in [0.2, 0.25) is 0 Å². The van der Waals surface area contributed by atoms with Crippen LogP contribution in [0.3, 0.4) is 0 Å². The lowest BCUT2D eigenvalue weighted by molar-refractivity contribution is -0.122. The van der Waals surface area contributed by atoms with E-state index < -0.39 is 0 Å². The highest BCUT2D eigenvalue weighted by Crippen LogP contribution is 2.18. The van der Waals surface area contributed by atoms with Gasteiger partial charge in [-0.15, -0.1) is 0 Å². The summed E-state index contributed by atoms with van der Waals surface area (Å²) in [5, 5.41) is 3.23. The Morgan fingerprint density at radius 2 is 1.77 bits per heavy atom. The summed E-state index contributed by atoms with van der Waals surface area (Å²) in [4.78, 5) is 19.5. The second-order valence-electron chi connectivity index (χ2n) is 6.90. The van der Waals surface area contributed by atoms with Crippen molar-refractivity contribution in [2.75, 3.05) is 19.6 Å². The molecule has 0 radical (unpaired) electrons. The van der Waals surface area contributed by atoms with Gasteiger partial charge in [-0.1, -0.05) is 42.5 Å². The zero-order valence-electron chi connectivity index (χ0n) is 14.8. The number of hydrogen-bond donors (Lipinski definition) is 1. The molecule has 1 atom stereocenters. The van der Waals surface area contributed by atoms with Gasteiger partial charge < -0.3 is 14.8 Å². The first-order valence-electron chi connectivity index (χ1n) is 9.26. The largest absolute Gasteiger partial charge is 0.346 e. The van der Waals surface area contributed by atoms with Crippen LogP contribution in [0.5, 0.6) is 0 Å². The molecule has 4 rings (SSSR count). The van der Waals surface area contributed by atoms with Crippen LogP contribution in [0.15, 0.2) is 60.9 Å². The Kier molecular flexibility index (Phi) is 4.97. The fraction of sp³-hybridized carbons (Fsp3) is 0.333. The lowest BCUT2D eigenvalue weighted by Crippen LogP contribution is -2.38. The van der Waals surface area contributed by atoms with Crippen molar-refractivity contribution < 1.29 is 4.79 Å². The van der Waals surface area contributed by atoms with Gasteiger partial charge in [-0.3, -0.25) is 4.79 Å². The molecule has 3 aromatic rings. The molecular weight excluding hydrogens is 324 g/mol. The van der Waals surface area contributed by atoms with Crippen molar-refractivity contribution in [1.29, 1.82) is 0 Å². The Labute approximate surface area is 153 Å². The third kappa shape index (κ3) is 3.78. The Morgan fingerprint density at radius 1 is 1.04 bits per heavy atom. The summed E-state index contributed by atoms with van der Waals surface area (Å²) in [6.45, 7) is 3.38. The number of benzene rings is 2. The molecule has 0 spiro atoms. The van der Waals surface area contributed by atoms with E-state index in [1.54, 1.807) is 6.33 Å². The molecule has 1 aliphatic rings. The highest BCUT2D eigenvalue weighted by molar-refractivity contribution is 5.80. The summed E-state index contributed by atoms with van der Waals surface area (Å²) in [7, 11) is 0.